The number of rotatable bonds is 5. The van der Waals surface area contributed by atoms with E-state index in [1.54, 1.807) is 6.92 Å². The molecule has 1 aliphatic rings. The molecule has 1 atom stereocenters. The van der Waals surface area contributed by atoms with Crippen LogP contribution in [0.3, 0.4) is 0 Å². The number of hydrogen-bond acceptors (Lipinski definition) is 2. The Labute approximate surface area is 207 Å². The lowest BCUT2D eigenvalue weighted by atomic mass is 9.75. The minimum Gasteiger partial charge on any atom is -0.352 e. The summed E-state index contributed by atoms with van der Waals surface area (Å²) in [5.41, 5.74) is -7.20. The molecule has 0 saturated heterocycles. The molecular weight excluding hydrogens is 571 g/mol. The number of nitrogens with zero attached hydrogens (tertiary/aromatic N) is 1. The van der Waals surface area contributed by atoms with Crippen molar-refractivity contribution in [3.8, 4) is 0 Å². The molecule has 0 aromatic heterocycles. The van der Waals surface area contributed by atoms with Crippen molar-refractivity contribution in [1.82, 2.24) is 5.32 Å². The molecule has 0 spiro atoms. The van der Waals surface area contributed by atoms with Gasteiger partial charge >= 0.3 is 18.5 Å². The van der Waals surface area contributed by atoms with E-state index in [4.69, 9.17) is 0 Å². The van der Waals surface area contributed by atoms with Gasteiger partial charge in [-0.2, -0.15) is 39.5 Å². The molecular formula is C23H18BrF9N2O. The Morgan fingerprint density at radius 3 is 2.03 bits per heavy atom. The molecule has 1 amide bonds. The summed E-state index contributed by atoms with van der Waals surface area (Å²) >= 11 is 3.26. The van der Waals surface area contributed by atoms with Crippen molar-refractivity contribution in [2.45, 2.75) is 50.3 Å². The summed E-state index contributed by atoms with van der Waals surface area (Å²) in [6.45, 7) is 0.716. The summed E-state index contributed by atoms with van der Waals surface area (Å²) in [7, 11) is 0. The summed E-state index contributed by atoms with van der Waals surface area (Å²) in [4.78, 5) is 15.3. The van der Waals surface area contributed by atoms with Crippen LogP contribution in [0, 0.1) is 0 Å². The van der Waals surface area contributed by atoms with E-state index in [0.29, 0.717) is 10.0 Å². The van der Waals surface area contributed by atoms with Crippen LogP contribution < -0.4 is 5.32 Å². The summed E-state index contributed by atoms with van der Waals surface area (Å²) < 4.78 is 123. The van der Waals surface area contributed by atoms with E-state index in [0.717, 1.165) is 0 Å². The maximum atomic E-state index is 14.3. The first-order chi connectivity index (χ1) is 16.5. The molecule has 2 aromatic rings. The summed E-state index contributed by atoms with van der Waals surface area (Å²) in [6.07, 6.45) is -16.5. The van der Waals surface area contributed by atoms with Crippen LogP contribution in [0.25, 0.3) is 0 Å². The van der Waals surface area contributed by atoms with E-state index in [1.165, 1.54) is 18.2 Å². The minimum absolute atomic E-state index is 0.108. The molecule has 0 bridgehead atoms. The van der Waals surface area contributed by atoms with E-state index in [9.17, 15) is 44.3 Å². The third kappa shape index (κ3) is 5.70. The Morgan fingerprint density at radius 2 is 1.56 bits per heavy atom. The fraction of sp³-hybridized carbons (Fsp3) is 0.391. The Bertz CT molecular complexity index is 1150. The van der Waals surface area contributed by atoms with Gasteiger partial charge in [-0.15, -0.1) is 0 Å². The number of aliphatic imine (C=N–C) groups is 1. The average Bonchev–Trinajstić information content (AvgIpc) is 3.23. The van der Waals surface area contributed by atoms with Crippen LogP contribution in [0.15, 0.2) is 45.9 Å². The van der Waals surface area contributed by atoms with E-state index in [-0.39, 0.29) is 48.3 Å². The number of carbonyl (C=O) groups is 1. The highest BCUT2D eigenvalue weighted by Gasteiger charge is 2.59. The second-order valence-electron chi connectivity index (χ2n) is 8.25. The SMILES string of the molecule is CCC(=O)NCc1ccc(C2=NCC(c3cc(C(F)(F)F)cc(C(F)(F)F)c3)(C(F)(F)F)C2)cc1Br. The first-order valence-electron chi connectivity index (χ1n) is 10.4. The minimum atomic E-state index is -5.29. The molecule has 0 saturated carbocycles. The van der Waals surface area contributed by atoms with E-state index in [2.05, 4.69) is 26.2 Å². The van der Waals surface area contributed by atoms with Crippen LogP contribution in [-0.2, 0) is 29.1 Å². The number of alkyl halides is 9. The third-order valence-corrected chi connectivity index (χ3v) is 6.61. The molecule has 13 heteroatoms. The fourth-order valence-corrected chi connectivity index (χ4v) is 4.31. The van der Waals surface area contributed by atoms with Gasteiger partial charge in [0.1, 0.15) is 5.41 Å². The zero-order valence-corrected chi connectivity index (χ0v) is 20.0. The van der Waals surface area contributed by atoms with Gasteiger partial charge in [0.15, 0.2) is 0 Å². The van der Waals surface area contributed by atoms with Gasteiger partial charge in [0.25, 0.3) is 0 Å². The average molecular weight is 589 g/mol. The van der Waals surface area contributed by atoms with Crippen molar-refractivity contribution in [3.05, 3.63) is 68.7 Å². The smallest absolute Gasteiger partial charge is 0.352 e. The van der Waals surface area contributed by atoms with E-state index >= 15 is 0 Å². The molecule has 3 nitrogen and oxygen atoms in total. The highest BCUT2D eigenvalue weighted by atomic mass is 79.9. The van der Waals surface area contributed by atoms with Crippen molar-refractivity contribution >= 4 is 27.5 Å². The molecule has 0 fully saturated rings. The standard InChI is InChI=1S/C23H18BrF9N2O/c1-2-19(36)34-10-13-4-3-12(5-17(13)24)18-9-20(11-35-18,23(31,32)33)14-6-15(21(25,26)27)8-16(7-14)22(28,29)30/h3-8H,2,9-11H2,1H3,(H,34,36). The Hall–Kier alpha value is -2.57. The number of amides is 1. The zero-order valence-electron chi connectivity index (χ0n) is 18.4. The second kappa shape index (κ2) is 9.71. The van der Waals surface area contributed by atoms with Crippen molar-refractivity contribution in [2.24, 2.45) is 4.99 Å². The van der Waals surface area contributed by atoms with Crippen molar-refractivity contribution < 1.29 is 44.3 Å². The molecule has 0 radical (unpaired) electrons. The summed E-state index contributed by atoms with van der Waals surface area (Å²) in [5, 5.41) is 2.64. The van der Waals surface area contributed by atoms with Gasteiger partial charge in [-0.25, -0.2) is 0 Å². The highest BCUT2D eigenvalue weighted by molar-refractivity contribution is 9.10. The number of carbonyl (C=O) groups excluding carboxylic acids is 1. The number of hydrogen-bond donors (Lipinski definition) is 1. The largest absolute Gasteiger partial charge is 0.416 e. The van der Waals surface area contributed by atoms with E-state index < -0.39 is 53.6 Å². The molecule has 1 aliphatic heterocycles. The monoisotopic (exact) mass is 588 g/mol. The molecule has 1 N–H and O–H groups in total. The summed E-state index contributed by atoms with van der Waals surface area (Å²) in [6, 6.07) is 4.39. The van der Waals surface area contributed by atoms with Crippen molar-refractivity contribution in [3.63, 3.8) is 0 Å². The topological polar surface area (TPSA) is 41.5 Å². The second-order valence-corrected chi connectivity index (χ2v) is 9.10. The molecule has 2 aromatic carbocycles. The zero-order chi connectivity index (χ0) is 27.1. The molecule has 0 aliphatic carbocycles. The van der Waals surface area contributed by atoms with Gasteiger partial charge < -0.3 is 5.32 Å². The molecule has 36 heavy (non-hydrogen) atoms. The Balaban J connectivity index is 2.02. The highest BCUT2D eigenvalue weighted by Crippen LogP contribution is 2.50. The van der Waals surface area contributed by atoms with Crippen LogP contribution in [0.1, 0.15) is 47.6 Å². The van der Waals surface area contributed by atoms with Gasteiger partial charge in [0.2, 0.25) is 5.91 Å². The quantitative estimate of drug-likeness (QED) is 0.369. The van der Waals surface area contributed by atoms with Crippen molar-refractivity contribution in [1.29, 1.82) is 0 Å². The van der Waals surface area contributed by atoms with Crippen molar-refractivity contribution in [2.75, 3.05) is 6.54 Å². The first-order valence-corrected chi connectivity index (χ1v) is 11.2. The van der Waals surface area contributed by atoms with Crippen LogP contribution in [-0.4, -0.2) is 24.3 Å². The van der Waals surface area contributed by atoms with Crippen LogP contribution in [0.5, 0.6) is 0 Å². The molecule has 1 heterocycles. The fourth-order valence-electron chi connectivity index (χ4n) is 3.79. The van der Waals surface area contributed by atoms with Gasteiger partial charge in [0.05, 0.1) is 17.7 Å². The third-order valence-electron chi connectivity index (χ3n) is 5.88. The predicted molar refractivity (Wildman–Crippen MR) is 116 cm³/mol. The van der Waals surface area contributed by atoms with Gasteiger partial charge in [-0.05, 0) is 41.0 Å². The van der Waals surface area contributed by atoms with Gasteiger partial charge in [-0.1, -0.05) is 35.0 Å². The first kappa shape index (κ1) is 28.0. The number of benzene rings is 2. The van der Waals surface area contributed by atoms with Gasteiger partial charge in [0, 0.05) is 29.6 Å². The Kier molecular flexibility index (Phi) is 7.56. The summed E-state index contributed by atoms with van der Waals surface area (Å²) in [5.74, 6) is -0.222. The molecule has 196 valence electrons. The normalized spacial score (nSPS) is 18.8. The number of halogens is 10. The Morgan fingerprint density at radius 1 is 0.972 bits per heavy atom. The maximum absolute atomic E-state index is 14.3. The molecule has 1 unspecified atom stereocenters. The van der Waals surface area contributed by atoms with Crippen LogP contribution in [0.4, 0.5) is 39.5 Å². The lowest BCUT2D eigenvalue weighted by Crippen LogP contribution is -2.44. The predicted octanol–water partition coefficient (Wildman–Crippen LogP) is 7.21. The number of nitrogens with one attached hydrogen (secondary N) is 1. The lowest BCUT2D eigenvalue weighted by molar-refractivity contribution is -0.184. The maximum Gasteiger partial charge on any atom is 0.416 e. The molecule has 3 rings (SSSR count). The van der Waals surface area contributed by atoms with Crippen LogP contribution in [0.2, 0.25) is 0 Å². The lowest BCUT2D eigenvalue weighted by Gasteiger charge is -2.32. The van der Waals surface area contributed by atoms with Gasteiger partial charge in [-0.3, -0.25) is 9.79 Å². The van der Waals surface area contributed by atoms with E-state index in [1.807, 2.05) is 0 Å². The van der Waals surface area contributed by atoms with Crippen LogP contribution >= 0.6 is 15.9 Å².